The normalized spacial score (nSPS) is 11.5. The third kappa shape index (κ3) is 5.95. The molecule has 0 saturated carbocycles. The van der Waals surface area contributed by atoms with Crippen LogP contribution >= 0.6 is 11.8 Å². The molecule has 0 aliphatic carbocycles. The lowest BCUT2D eigenvalue weighted by Gasteiger charge is -2.13. The third-order valence-electron chi connectivity index (χ3n) is 4.27. The number of rotatable bonds is 8. The lowest BCUT2D eigenvalue weighted by Crippen LogP contribution is -2.22. The smallest absolute Gasteiger partial charge is 0.269 e. The number of carbonyl (C=O) groups excluding carboxylic acids is 1. The molecule has 0 spiro atoms. The molecule has 2 aromatic carbocycles. The molecule has 1 heterocycles. The van der Waals surface area contributed by atoms with Crippen LogP contribution < -0.4 is 14.8 Å². The van der Waals surface area contributed by atoms with Crippen LogP contribution in [0.1, 0.15) is 12.5 Å². The van der Waals surface area contributed by atoms with Crippen molar-refractivity contribution in [2.45, 2.75) is 24.0 Å². The van der Waals surface area contributed by atoms with Gasteiger partial charge in [-0.1, -0.05) is 6.07 Å². The molecule has 0 aliphatic heterocycles. The minimum atomic E-state index is -0.458. The zero-order valence-corrected chi connectivity index (χ0v) is 18.0. The van der Waals surface area contributed by atoms with Crippen molar-refractivity contribution in [2.24, 2.45) is 0 Å². The summed E-state index contributed by atoms with van der Waals surface area (Å²) in [5.74, 6) is 1.31. The number of nitrogens with one attached hydrogen (secondary N) is 1. The van der Waals surface area contributed by atoms with Crippen LogP contribution in [0.5, 0.6) is 17.4 Å². The fourth-order valence-corrected chi connectivity index (χ4v) is 3.50. The molecule has 0 aliphatic rings. The topological polar surface area (TPSA) is 104 Å². The highest BCUT2D eigenvalue weighted by Gasteiger charge is 2.16. The van der Waals surface area contributed by atoms with Crippen LogP contribution in [0.25, 0.3) is 0 Å². The number of aryl methyl sites for hydroxylation is 1. The Morgan fingerprint density at radius 2 is 1.87 bits per heavy atom. The van der Waals surface area contributed by atoms with Crippen molar-refractivity contribution >= 4 is 29.0 Å². The van der Waals surface area contributed by atoms with Gasteiger partial charge in [-0.25, -0.2) is 4.98 Å². The maximum atomic E-state index is 12.5. The molecule has 9 heteroatoms. The molecular formula is C22H21N3O5S. The first-order valence-corrected chi connectivity index (χ1v) is 10.2. The van der Waals surface area contributed by atoms with Gasteiger partial charge in [-0.3, -0.25) is 14.9 Å². The lowest BCUT2D eigenvalue weighted by atomic mass is 10.2. The van der Waals surface area contributed by atoms with Gasteiger partial charge in [0.25, 0.3) is 5.69 Å². The zero-order chi connectivity index (χ0) is 22.4. The van der Waals surface area contributed by atoms with Gasteiger partial charge >= 0.3 is 0 Å². The molecule has 0 bridgehead atoms. The van der Waals surface area contributed by atoms with E-state index in [1.165, 1.54) is 30.1 Å². The van der Waals surface area contributed by atoms with E-state index in [4.69, 9.17) is 9.47 Å². The number of nitro groups is 1. The van der Waals surface area contributed by atoms with Gasteiger partial charge in [-0.05, 0) is 49.7 Å². The van der Waals surface area contributed by atoms with Crippen LogP contribution in [0.4, 0.5) is 11.4 Å². The molecule has 1 unspecified atom stereocenters. The number of nitro benzene ring substituents is 1. The highest BCUT2D eigenvalue weighted by molar-refractivity contribution is 8.00. The molecule has 8 nitrogen and oxygen atoms in total. The van der Waals surface area contributed by atoms with E-state index < -0.39 is 10.2 Å². The Balaban J connectivity index is 1.58. The molecule has 1 N–H and O–H groups in total. The number of benzene rings is 2. The van der Waals surface area contributed by atoms with Crippen LogP contribution in [0.2, 0.25) is 0 Å². The van der Waals surface area contributed by atoms with Crippen molar-refractivity contribution in [1.82, 2.24) is 4.98 Å². The van der Waals surface area contributed by atoms with Crippen molar-refractivity contribution in [3.05, 3.63) is 76.5 Å². The van der Waals surface area contributed by atoms with Gasteiger partial charge in [0.2, 0.25) is 11.8 Å². The summed E-state index contributed by atoms with van der Waals surface area (Å²) in [7, 11) is 1.57. The summed E-state index contributed by atoms with van der Waals surface area (Å²) in [6.07, 6.45) is 1.51. The van der Waals surface area contributed by atoms with E-state index in [0.717, 1.165) is 10.5 Å². The van der Waals surface area contributed by atoms with Crippen LogP contribution in [-0.2, 0) is 4.79 Å². The fourth-order valence-electron chi connectivity index (χ4n) is 2.63. The van der Waals surface area contributed by atoms with E-state index in [1.54, 1.807) is 38.3 Å². The predicted octanol–water partition coefficient (Wildman–Crippen LogP) is 5.22. The van der Waals surface area contributed by atoms with Crippen molar-refractivity contribution in [3.8, 4) is 17.4 Å². The Morgan fingerprint density at radius 3 is 2.48 bits per heavy atom. The predicted molar refractivity (Wildman–Crippen MR) is 119 cm³/mol. The van der Waals surface area contributed by atoms with Gasteiger partial charge in [0, 0.05) is 23.1 Å². The molecule has 0 saturated heterocycles. The maximum absolute atomic E-state index is 12.5. The Bertz CT molecular complexity index is 1070. The SMILES string of the molecule is COc1cc(C)ccc1Oc1ccc(NC(=O)C(C)Sc2ccc([N+](=O)[O-])cc2)cn1. The van der Waals surface area contributed by atoms with Crippen LogP contribution in [0, 0.1) is 17.0 Å². The maximum Gasteiger partial charge on any atom is 0.269 e. The number of aromatic nitrogens is 1. The van der Waals surface area contributed by atoms with Crippen LogP contribution in [-0.4, -0.2) is 28.2 Å². The van der Waals surface area contributed by atoms with E-state index in [-0.39, 0.29) is 11.6 Å². The zero-order valence-electron chi connectivity index (χ0n) is 17.2. The summed E-state index contributed by atoms with van der Waals surface area (Å²) in [6, 6.07) is 15.0. The number of carbonyl (C=O) groups is 1. The minimum Gasteiger partial charge on any atom is -0.493 e. The summed E-state index contributed by atoms with van der Waals surface area (Å²) in [6.45, 7) is 3.72. The molecule has 0 fully saturated rings. The van der Waals surface area contributed by atoms with Gasteiger partial charge in [0.1, 0.15) is 0 Å². The Hall–Kier alpha value is -3.59. The second-order valence-corrected chi connectivity index (χ2v) is 8.06. The molecule has 3 aromatic rings. The first-order valence-electron chi connectivity index (χ1n) is 9.36. The summed E-state index contributed by atoms with van der Waals surface area (Å²) >= 11 is 1.31. The highest BCUT2D eigenvalue weighted by atomic mass is 32.2. The third-order valence-corrected chi connectivity index (χ3v) is 5.38. The molecule has 160 valence electrons. The first kappa shape index (κ1) is 22.1. The van der Waals surface area contributed by atoms with E-state index >= 15 is 0 Å². The number of hydrogen-bond donors (Lipinski definition) is 1. The van der Waals surface area contributed by atoms with Gasteiger partial charge in [0.05, 0.1) is 29.2 Å². The van der Waals surface area contributed by atoms with Crippen molar-refractivity contribution in [1.29, 1.82) is 0 Å². The summed E-state index contributed by atoms with van der Waals surface area (Å²) in [5, 5.41) is 13.1. The number of nitrogens with zero attached hydrogens (tertiary/aromatic N) is 2. The molecule has 1 aromatic heterocycles. The first-order chi connectivity index (χ1) is 14.9. The Kier molecular flexibility index (Phi) is 7.09. The quantitative estimate of drug-likeness (QED) is 0.292. The Labute approximate surface area is 183 Å². The van der Waals surface area contributed by atoms with Gasteiger partial charge in [0.15, 0.2) is 11.5 Å². The monoisotopic (exact) mass is 439 g/mol. The summed E-state index contributed by atoms with van der Waals surface area (Å²) in [5.41, 5.74) is 1.60. The van der Waals surface area contributed by atoms with Gasteiger partial charge < -0.3 is 14.8 Å². The number of ether oxygens (including phenoxy) is 2. The molecular weight excluding hydrogens is 418 g/mol. The molecule has 1 amide bonds. The second kappa shape index (κ2) is 9.94. The van der Waals surface area contributed by atoms with E-state index in [2.05, 4.69) is 10.3 Å². The number of hydrogen-bond acceptors (Lipinski definition) is 7. The number of pyridine rings is 1. The largest absolute Gasteiger partial charge is 0.493 e. The molecule has 1 atom stereocenters. The number of anilines is 1. The summed E-state index contributed by atoms with van der Waals surface area (Å²) in [4.78, 5) is 27.7. The lowest BCUT2D eigenvalue weighted by molar-refractivity contribution is -0.384. The second-order valence-electron chi connectivity index (χ2n) is 6.64. The summed E-state index contributed by atoms with van der Waals surface area (Å²) < 4.78 is 11.1. The number of amides is 1. The minimum absolute atomic E-state index is 0.0121. The van der Waals surface area contributed by atoms with Crippen molar-refractivity contribution in [2.75, 3.05) is 12.4 Å². The fraction of sp³-hybridized carbons (Fsp3) is 0.182. The van der Waals surface area contributed by atoms with Crippen molar-refractivity contribution in [3.63, 3.8) is 0 Å². The number of thioether (sulfide) groups is 1. The van der Waals surface area contributed by atoms with Crippen LogP contribution in [0.3, 0.4) is 0 Å². The Morgan fingerprint density at radius 1 is 1.13 bits per heavy atom. The molecule has 31 heavy (non-hydrogen) atoms. The van der Waals surface area contributed by atoms with E-state index in [0.29, 0.717) is 23.1 Å². The van der Waals surface area contributed by atoms with E-state index in [1.807, 2.05) is 25.1 Å². The average molecular weight is 439 g/mol. The average Bonchev–Trinajstić information content (AvgIpc) is 2.76. The number of non-ortho nitro benzene ring substituents is 1. The van der Waals surface area contributed by atoms with Crippen LogP contribution in [0.15, 0.2) is 65.7 Å². The van der Waals surface area contributed by atoms with Gasteiger partial charge in [-0.2, -0.15) is 0 Å². The van der Waals surface area contributed by atoms with Gasteiger partial charge in [-0.15, -0.1) is 11.8 Å². The van der Waals surface area contributed by atoms with Crippen molar-refractivity contribution < 1.29 is 19.2 Å². The molecule has 0 radical (unpaired) electrons. The highest BCUT2D eigenvalue weighted by Crippen LogP contribution is 2.32. The van der Waals surface area contributed by atoms with E-state index in [9.17, 15) is 14.9 Å². The molecule has 3 rings (SSSR count). The standard InChI is InChI=1S/C22H21N3O5S/c1-14-4-10-19(20(12-14)29-3)30-21-11-5-16(13-23-21)24-22(26)15(2)31-18-8-6-17(7-9-18)25(27)28/h4-13,15H,1-3H3,(H,24,26). The number of methoxy groups -OCH3 is 1.